The van der Waals surface area contributed by atoms with Crippen LogP contribution >= 0.6 is 23.2 Å². The van der Waals surface area contributed by atoms with Gasteiger partial charge in [-0.3, -0.25) is 14.6 Å². The Balaban J connectivity index is 1.47. The van der Waals surface area contributed by atoms with E-state index < -0.39 is 11.7 Å². The molecule has 2 amide bonds. The van der Waals surface area contributed by atoms with Crippen LogP contribution in [0.3, 0.4) is 0 Å². The molecule has 0 spiro atoms. The predicted molar refractivity (Wildman–Crippen MR) is 180 cm³/mol. The standard InChI is InChI=1S/C34H34Cl2N6O6/c1-34(2,3)48-33(45)42(16-19-12-13-28(44)39-19)17-26-31(46-4)40-24(14-37-26)22-10-6-8-20(29(22)35)21-9-7-11-23(30(21)36)25-15-38-27(18-43)32(41-25)47-5/h6-11,14-15,18-19H,12-13,16-17H2,1-5H3,(H,39,44)/t19-/m0/s1. The molecule has 1 atom stereocenters. The van der Waals surface area contributed by atoms with E-state index in [1.165, 1.54) is 25.3 Å². The molecular weight excluding hydrogens is 659 g/mol. The fourth-order valence-electron chi connectivity index (χ4n) is 5.21. The van der Waals surface area contributed by atoms with Gasteiger partial charge in [-0.15, -0.1) is 0 Å². The van der Waals surface area contributed by atoms with Crippen LogP contribution in [0.15, 0.2) is 48.8 Å². The Hall–Kier alpha value is -4.81. The Kier molecular flexibility index (Phi) is 10.4. The molecule has 1 aliphatic heterocycles. The summed E-state index contributed by atoms with van der Waals surface area (Å²) in [6.45, 7) is 5.63. The van der Waals surface area contributed by atoms with Crippen LogP contribution in [0.4, 0.5) is 4.79 Å². The van der Waals surface area contributed by atoms with Crippen molar-refractivity contribution in [3.63, 3.8) is 0 Å². The molecule has 1 fully saturated rings. The molecule has 4 aromatic rings. The van der Waals surface area contributed by atoms with E-state index in [9.17, 15) is 14.4 Å². The third-order valence-electron chi connectivity index (χ3n) is 7.43. The van der Waals surface area contributed by atoms with E-state index in [0.29, 0.717) is 68.5 Å². The topological polar surface area (TPSA) is 146 Å². The molecule has 12 nitrogen and oxygen atoms in total. The average Bonchev–Trinajstić information content (AvgIpc) is 3.48. The molecule has 250 valence electrons. The summed E-state index contributed by atoms with van der Waals surface area (Å²) in [5, 5.41) is 3.63. The summed E-state index contributed by atoms with van der Waals surface area (Å²) >= 11 is 13.9. The molecule has 2 aromatic heterocycles. The van der Waals surface area contributed by atoms with Crippen molar-refractivity contribution in [2.24, 2.45) is 0 Å². The van der Waals surface area contributed by atoms with Crippen molar-refractivity contribution < 1.29 is 28.6 Å². The van der Waals surface area contributed by atoms with Crippen LogP contribution in [0.5, 0.6) is 11.8 Å². The van der Waals surface area contributed by atoms with Crippen molar-refractivity contribution in [2.45, 2.75) is 51.8 Å². The molecule has 0 radical (unpaired) electrons. The number of rotatable bonds is 10. The molecular formula is C34H34Cl2N6O6. The van der Waals surface area contributed by atoms with Gasteiger partial charge in [-0.1, -0.05) is 59.6 Å². The minimum Gasteiger partial charge on any atom is -0.480 e. The third-order valence-corrected chi connectivity index (χ3v) is 8.25. The van der Waals surface area contributed by atoms with Crippen molar-refractivity contribution in [2.75, 3.05) is 20.8 Å². The van der Waals surface area contributed by atoms with E-state index in [1.54, 1.807) is 39.1 Å². The van der Waals surface area contributed by atoms with Crippen LogP contribution < -0.4 is 14.8 Å². The number of carbonyl (C=O) groups is 3. The molecule has 14 heteroatoms. The first-order valence-electron chi connectivity index (χ1n) is 15.0. The summed E-state index contributed by atoms with van der Waals surface area (Å²) < 4.78 is 16.5. The van der Waals surface area contributed by atoms with Crippen LogP contribution in [-0.4, -0.2) is 75.5 Å². The van der Waals surface area contributed by atoms with Crippen molar-refractivity contribution in [1.29, 1.82) is 0 Å². The number of methoxy groups -OCH3 is 2. The van der Waals surface area contributed by atoms with Crippen molar-refractivity contribution in [3.05, 3.63) is 70.2 Å². The SMILES string of the molecule is COc1nc(-c2cccc(-c3cccc(-c4cnc(CN(C[C@@H]5CCC(=O)N5)C(=O)OC(C)(C)C)c(OC)n4)c3Cl)c2Cl)cnc1C=O. The zero-order valence-electron chi connectivity index (χ0n) is 27.0. The molecule has 0 unspecified atom stereocenters. The zero-order chi connectivity index (χ0) is 34.6. The number of aldehydes is 1. The fraction of sp³-hybridized carbons (Fsp3) is 0.324. The second-order valence-corrected chi connectivity index (χ2v) is 12.7. The lowest BCUT2D eigenvalue weighted by atomic mass is 9.98. The highest BCUT2D eigenvalue weighted by Crippen LogP contribution is 2.42. The number of benzene rings is 2. The molecule has 48 heavy (non-hydrogen) atoms. The highest BCUT2D eigenvalue weighted by molar-refractivity contribution is 6.39. The lowest BCUT2D eigenvalue weighted by Crippen LogP contribution is -2.44. The van der Waals surface area contributed by atoms with E-state index in [4.69, 9.17) is 42.4 Å². The number of hydrogen-bond donors (Lipinski definition) is 1. The van der Waals surface area contributed by atoms with Gasteiger partial charge in [0.05, 0.1) is 54.6 Å². The number of hydrogen-bond acceptors (Lipinski definition) is 10. The van der Waals surface area contributed by atoms with E-state index in [-0.39, 0.29) is 42.5 Å². The maximum absolute atomic E-state index is 13.2. The monoisotopic (exact) mass is 692 g/mol. The molecule has 3 heterocycles. The fourth-order valence-corrected chi connectivity index (χ4v) is 5.86. The Morgan fingerprint density at radius 2 is 1.50 bits per heavy atom. The minimum absolute atomic E-state index is 0.0371. The molecule has 0 aliphatic carbocycles. The summed E-state index contributed by atoms with van der Waals surface area (Å²) in [7, 11) is 2.87. The summed E-state index contributed by atoms with van der Waals surface area (Å²) in [6.07, 6.45) is 4.04. The zero-order valence-corrected chi connectivity index (χ0v) is 28.6. The maximum Gasteiger partial charge on any atom is 0.410 e. The molecule has 1 saturated heterocycles. The molecule has 0 bridgehead atoms. The quantitative estimate of drug-likeness (QED) is 0.185. The molecule has 2 aromatic carbocycles. The van der Waals surface area contributed by atoms with Gasteiger partial charge < -0.3 is 24.4 Å². The normalized spacial score (nSPS) is 14.3. The highest BCUT2D eigenvalue weighted by Gasteiger charge is 2.30. The van der Waals surface area contributed by atoms with Crippen LogP contribution in [0.2, 0.25) is 10.0 Å². The number of nitrogens with one attached hydrogen (secondary N) is 1. The van der Waals surface area contributed by atoms with Crippen LogP contribution in [0, 0.1) is 0 Å². The van der Waals surface area contributed by atoms with Crippen molar-refractivity contribution in [3.8, 4) is 45.4 Å². The smallest absolute Gasteiger partial charge is 0.410 e. The minimum atomic E-state index is -0.723. The average molecular weight is 694 g/mol. The Labute approximate surface area is 287 Å². The lowest BCUT2D eigenvalue weighted by Gasteiger charge is -2.29. The molecule has 5 rings (SSSR count). The van der Waals surface area contributed by atoms with Crippen molar-refractivity contribution >= 4 is 41.5 Å². The summed E-state index contributed by atoms with van der Waals surface area (Å²) in [5.41, 5.74) is 3.00. The molecule has 0 saturated carbocycles. The van der Waals surface area contributed by atoms with E-state index in [2.05, 4.69) is 20.3 Å². The van der Waals surface area contributed by atoms with E-state index in [0.717, 1.165) is 0 Å². The molecule has 1 N–H and O–H groups in total. The Morgan fingerprint density at radius 1 is 0.938 bits per heavy atom. The van der Waals surface area contributed by atoms with Crippen molar-refractivity contribution in [1.82, 2.24) is 30.2 Å². The first-order chi connectivity index (χ1) is 22.9. The largest absolute Gasteiger partial charge is 0.480 e. The number of nitrogens with zero attached hydrogens (tertiary/aromatic N) is 5. The second kappa shape index (κ2) is 14.5. The first-order valence-corrected chi connectivity index (χ1v) is 15.8. The second-order valence-electron chi connectivity index (χ2n) is 12.0. The number of amides is 2. The Bertz CT molecular complexity index is 1860. The van der Waals surface area contributed by atoms with Gasteiger partial charge in [-0.05, 0) is 27.2 Å². The number of aromatic nitrogens is 4. The number of carbonyl (C=O) groups excluding carboxylic acids is 3. The summed E-state index contributed by atoms with van der Waals surface area (Å²) in [6, 6.07) is 10.7. The van der Waals surface area contributed by atoms with Gasteiger partial charge >= 0.3 is 6.09 Å². The first kappa shape index (κ1) is 34.5. The number of halogens is 2. The summed E-state index contributed by atoms with van der Waals surface area (Å²) in [5.74, 6) is 0.226. The van der Waals surface area contributed by atoms with Gasteiger partial charge in [0, 0.05) is 41.3 Å². The third kappa shape index (κ3) is 7.66. The predicted octanol–water partition coefficient (Wildman–Crippen LogP) is 6.42. The van der Waals surface area contributed by atoms with Gasteiger partial charge in [-0.25, -0.2) is 19.7 Å². The van der Waals surface area contributed by atoms with Crippen LogP contribution in [0.25, 0.3) is 33.6 Å². The van der Waals surface area contributed by atoms with E-state index >= 15 is 0 Å². The van der Waals surface area contributed by atoms with Gasteiger partial charge in [0.1, 0.15) is 11.3 Å². The van der Waals surface area contributed by atoms with Gasteiger partial charge in [0.25, 0.3) is 0 Å². The molecule has 1 aliphatic rings. The summed E-state index contributed by atoms with van der Waals surface area (Å²) in [4.78, 5) is 55.7. The van der Waals surface area contributed by atoms with Gasteiger partial charge in [0.2, 0.25) is 17.7 Å². The number of ether oxygens (including phenoxy) is 3. The van der Waals surface area contributed by atoms with Crippen LogP contribution in [-0.2, 0) is 16.1 Å². The van der Waals surface area contributed by atoms with Crippen LogP contribution in [0.1, 0.15) is 49.8 Å². The highest BCUT2D eigenvalue weighted by atomic mass is 35.5. The van der Waals surface area contributed by atoms with Gasteiger partial charge in [0.15, 0.2) is 12.0 Å². The van der Waals surface area contributed by atoms with Gasteiger partial charge in [-0.2, -0.15) is 0 Å². The van der Waals surface area contributed by atoms with E-state index in [1.807, 2.05) is 24.3 Å². The lowest BCUT2D eigenvalue weighted by molar-refractivity contribution is -0.119. The Morgan fingerprint density at radius 3 is 2.02 bits per heavy atom. The maximum atomic E-state index is 13.2.